The monoisotopic (exact) mass is 629 g/mol. The fourth-order valence-corrected chi connectivity index (χ4v) is 4.59. The van der Waals surface area contributed by atoms with E-state index in [9.17, 15) is 22.4 Å². The highest BCUT2D eigenvalue weighted by molar-refractivity contribution is 14.1. The Kier molecular flexibility index (Phi) is 7.65. The van der Waals surface area contributed by atoms with Gasteiger partial charge in [-0.2, -0.15) is 8.78 Å². The summed E-state index contributed by atoms with van der Waals surface area (Å²) in [5.41, 5.74) is -0.102. The number of amides is 2. The maximum absolute atomic E-state index is 14.7. The minimum atomic E-state index is -4.49. The molecule has 0 fully saturated rings. The molecule has 4 rings (SSSR count). The topological polar surface area (TPSA) is 72.5 Å². The van der Waals surface area contributed by atoms with Gasteiger partial charge in [-0.25, -0.2) is 9.53 Å². The molecule has 1 aliphatic heterocycles. The quantitative estimate of drug-likeness (QED) is 0.185. The van der Waals surface area contributed by atoms with Crippen LogP contribution in [-0.2, 0) is 27.2 Å². The van der Waals surface area contributed by atoms with E-state index in [1.165, 1.54) is 6.07 Å². The van der Waals surface area contributed by atoms with Crippen molar-refractivity contribution >= 4 is 28.6 Å². The summed E-state index contributed by atoms with van der Waals surface area (Å²) in [5, 5.41) is 5.70. The molecule has 2 N–H and O–H groups in total. The van der Waals surface area contributed by atoms with Gasteiger partial charge in [-0.15, -0.1) is 8.78 Å². The minimum Gasteiger partial charge on any atom is -0.409 e. The van der Waals surface area contributed by atoms with Crippen LogP contribution in [0.3, 0.4) is 0 Å². The molecule has 0 radical (unpaired) electrons. The summed E-state index contributed by atoms with van der Waals surface area (Å²) >= 11 is 2.19. The average molecular weight is 629 g/mol. The molecule has 0 saturated heterocycles. The summed E-state index contributed by atoms with van der Waals surface area (Å²) in [7, 11) is 0. The van der Waals surface area contributed by atoms with Crippen molar-refractivity contribution in [1.82, 2.24) is 15.6 Å². The number of hydrogen-bond acceptors (Lipinski definition) is 4. The van der Waals surface area contributed by atoms with Crippen molar-refractivity contribution < 1.29 is 31.8 Å². The number of fused-ring (bicyclic) bond motifs is 1. The van der Waals surface area contributed by atoms with E-state index in [0.29, 0.717) is 10.1 Å². The van der Waals surface area contributed by atoms with Gasteiger partial charge in [0, 0.05) is 23.1 Å². The summed E-state index contributed by atoms with van der Waals surface area (Å²) in [4.78, 5) is 17.7. The standard InChI is InChI=1S/C26H24F4IN3O3/c1-16(2)33-23(35)34-24(13-17-6-4-3-5-7-17,22-11-8-18(14-31)15-32-22)19-9-10-21-20(12-19)25(27,28)37-26(29,30)36-21/h3-12,15-16H,13-14H2,1-2H3,(H2,33,34,35)/t24-/m1/s1. The van der Waals surface area contributed by atoms with Crippen molar-refractivity contribution in [1.29, 1.82) is 0 Å². The SMILES string of the molecule is CC(C)NC(=O)N[C@](Cc1ccccc1)(c1ccc2c(c1)C(F)(F)OC(F)(F)O2)c1ccc(CI)cn1. The minimum absolute atomic E-state index is 0.123. The molecule has 1 atom stereocenters. The number of carbonyl (C=O) groups is 1. The number of hydrogen-bond donors (Lipinski definition) is 2. The van der Waals surface area contributed by atoms with Gasteiger partial charge >= 0.3 is 18.4 Å². The number of nitrogens with zero attached hydrogens (tertiary/aromatic N) is 1. The summed E-state index contributed by atoms with van der Waals surface area (Å²) < 4.78 is 65.4. The maximum Gasteiger partial charge on any atom is 0.540 e. The van der Waals surface area contributed by atoms with E-state index in [-0.39, 0.29) is 18.0 Å². The van der Waals surface area contributed by atoms with Gasteiger partial charge in [-0.3, -0.25) is 4.98 Å². The highest BCUT2D eigenvalue weighted by Crippen LogP contribution is 2.48. The lowest BCUT2D eigenvalue weighted by Gasteiger charge is -2.37. The van der Waals surface area contributed by atoms with Gasteiger partial charge in [-0.05, 0) is 48.7 Å². The van der Waals surface area contributed by atoms with Crippen molar-refractivity contribution in [2.45, 2.75) is 48.7 Å². The lowest BCUT2D eigenvalue weighted by atomic mass is 9.79. The van der Waals surface area contributed by atoms with E-state index in [1.807, 2.05) is 36.4 Å². The largest absolute Gasteiger partial charge is 0.540 e. The van der Waals surface area contributed by atoms with Gasteiger partial charge < -0.3 is 15.4 Å². The number of nitrogens with one attached hydrogen (secondary N) is 2. The summed E-state index contributed by atoms with van der Waals surface area (Å²) in [6, 6.07) is 15.3. The third-order valence-corrected chi connectivity index (χ3v) is 6.62. The number of aromatic nitrogens is 1. The van der Waals surface area contributed by atoms with Crippen molar-refractivity contribution in [3.05, 3.63) is 94.8 Å². The Morgan fingerprint density at radius 2 is 1.78 bits per heavy atom. The van der Waals surface area contributed by atoms with E-state index >= 15 is 0 Å². The zero-order valence-corrected chi connectivity index (χ0v) is 22.1. The van der Waals surface area contributed by atoms with Crippen LogP contribution in [0.4, 0.5) is 22.4 Å². The van der Waals surface area contributed by atoms with Crippen molar-refractivity contribution in [3.8, 4) is 5.75 Å². The molecule has 1 aliphatic rings. The molecule has 2 heterocycles. The molecule has 11 heteroatoms. The number of rotatable bonds is 7. The van der Waals surface area contributed by atoms with Crippen molar-refractivity contribution in [3.63, 3.8) is 0 Å². The Morgan fingerprint density at radius 3 is 2.41 bits per heavy atom. The van der Waals surface area contributed by atoms with E-state index in [4.69, 9.17) is 0 Å². The molecule has 0 aliphatic carbocycles. The average Bonchev–Trinajstić information content (AvgIpc) is 2.82. The predicted molar refractivity (Wildman–Crippen MR) is 137 cm³/mol. The first-order chi connectivity index (χ1) is 17.4. The van der Waals surface area contributed by atoms with Crippen LogP contribution in [0.2, 0.25) is 0 Å². The van der Waals surface area contributed by atoms with E-state index in [2.05, 4.69) is 47.7 Å². The predicted octanol–water partition coefficient (Wildman–Crippen LogP) is 6.22. The Hall–Kier alpha value is -2.93. The molecule has 0 unspecified atom stereocenters. The van der Waals surface area contributed by atoms with Crippen molar-refractivity contribution in [2.24, 2.45) is 0 Å². The maximum atomic E-state index is 14.7. The van der Waals surface area contributed by atoms with Gasteiger partial charge in [0.1, 0.15) is 11.3 Å². The number of pyridine rings is 1. The van der Waals surface area contributed by atoms with Gasteiger partial charge in [0.15, 0.2) is 0 Å². The first kappa shape index (κ1) is 27.1. The van der Waals surface area contributed by atoms with Crippen molar-refractivity contribution in [2.75, 3.05) is 0 Å². The van der Waals surface area contributed by atoms with Crippen LogP contribution in [0, 0.1) is 0 Å². The van der Waals surface area contributed by atoms with Gasteiger partial charge in [-0.1, -0.05) is 65.1 Å². The second kappa shape index (κ2) is 10.4. The molecular weight excluding hydrogens is 605 g/mol. The molecule has 2 aromatic carbocycles. The van der Waals surface area contributed by atoms with Crippen LogP contribution in [0.5, 0.6) is 5.75 Å². The van der Waals surface area contributed by atoms with Crippen LogP contribution < -0.4 is 15.4 Å². The van der Waals surface area contributed by atoms with Crippen LogP contribution >= 0.6 is 22.6 Å². The summed E-state index contributed by atoms with van der Waals surface area (Å²) in [6.45, 7) is 3.56. The number of alkyl halides is 5. The molecule has 2 amide bonds. The summed E-state index contributed by atoms with van der Waals surface area (Å²) in [5.74, 6) is -0.724. The lowest BCUT2D eigenvalue weighted by molar-refractivity contribution is -0.461. The van der Waals surface area contributed by atoms with Crippen LogP contribution in [-0.4, -0.2) is 23.4 Å². The molecule has 3 aromatic rings. The van der Waals surface area contributed by atoms with Crippen LogP contribution in [0.1, 0.15) is 41.8 Å². The Bertz CT molecular complexity index is 1260. The smallest absolute Gasteiger partial charge is 0.409 e. The van der Waals surface area contributed by atoms with Gasteiger partial charge in [0.05, 0.1) is 11.3 Å². The van der Waals surface area contributed by atoms with E-state index < -0.39 is 35.3 Å². The second-order valence-electron chi connectivity index (χ2n) is 8.90. The molecule has 6 nitrogen and oxygen atoms in total. The molecule has 1 aromatic heterocycles. The normalized spacial score (nSPS) is 17.3. The lowest BCUT2D eigenvalue weighted by Crippen LogP contribution is -2.54. The Labute approximate surface area is 224 Å². The molecule has 196 valence electrons. The summed E-state index contributed by atoms with van der Waals surface area (Å²) in [6.07, 6.45) is -7.07. The number of carbonyl (C=O) groups excluding carboxylic acids is 1. The number of halogens is 5. The zero-order valence-electron chi connectivity index (χ0n) is 19.9. The van der Waals surface area contributed by atoms with E-state index in [1.54, 1.807) is 26.1 Å². The Balaban J connectivity index is 1.94. The van der Waals surface area contributed by atoms with Crippen LogP contribution in [0.25, 0.3) is 0 Å². The Morgan fingerprint density at radius 1 is 1.05 bits per heavy atom. The number of benzene rings is 2. The molecular formula is C26H24F4IN3O3. The third-order valence-electron chi connectivity index (χ3n) is 5.74. The molecule has 0 bridgehead atoms. The molecule has 0 spiro atoms. The fraction of sp³-hybridized carbons (Fsp3) is 0.308. The fourth-order valence-electron chi connectivity index (χ4n) is 4.14. The zero-order chi connectivity index (χ0) is 26.8. The highest BCUT2D eigenvalue weighted by Gasteiger charge is 2.55. The second-order valence-corrected chi connectivity index (χ2v) is 9.66. The molecule has 37 heavy (non-hydrogen) atoms. The highest BCUT2D eigenvalue weighted by atomic mass is 127. The van der Waals surface area contributed by atoms with Gasteiger partial charge in [0.25, 0.3) is 0 Å². The number of urea groups is 1. The third kappa shape index (κ3) is 5.98. The first-order valence-electron chi connectivity index (χ1n) is 11.4. The molecule has 0 saturated carbocycles. The van der Waals surface area contributed by atoms with E-state index in [0.717, 1.165) is 23.3 Å². The van der Waals surface area contributed by atoms with Gasteiger partial charge in [0.2, 0.25) is 0 Å². The first-order valence-corrected chi connectivity index (χ1v) is 12.9. The number of ether oxygens (including phenoxy) is 2. The van der Waals surface area contributed by atoms with Crippen LogP contribution in [0.15, 0.2) is 66.9 Å².